The highest BCUT2D eigenvalue weighted by atomic mass is 32.2. The van der Waals surface area contributed by atoms with Crippen molar-refractivity contribution in [1.82, 2.24) is 4.90 Å². The van der Waals surface area contributed by atoms with E-state index in [1.807, 2.05) is 6.08 Å². The summed E-state index contributed by atoms with van der Waals surface area (Å²) in [5.74, 6) is 0.937. The van der Waals surface area contributed by atoms with Crippen molar-refractivity contribution >= 4 is 34.4 Å². The largest absolute Gasteiger partial charge is 0.358 e. The van der Waals surface area contributed by atoms with Crippen LogP contribution in [-0.2, 0) is 5.75 Å². The Labute approximate surface area is 114 Å². The van der Waals surface area contributed by atoms with Crippen LogP contribution in [0.1, 0.15) is 25.0 Å². The predicted molar refractivity (Wildman–Crippen MR) is 83.3 cm³/mol. The zero-order chi connectivity index (χ0) is 12.7. The number of thiocarbonyl (C=S) groups is 1. The summed E-state index contributed by atoms with van der Waals surface area (Å²) >= 11 is 7.13. The maximum atomic E-state index is 5.39. The lowest BCUT2D eigenvalue weighted by atomic mass is 10.1. The van der Waals surface area contributed by atoms with Gasteiger partial charge in [-0.2, -0.15) is 0 Å². The van der Waals surface area contributed by atoms with E-state index in [2.05, 4.69) is 49.6 Å². The lowest BCUT2D eigenvalue weighted by Gasteiger charge is -2.20. The highest BCUT2D eigenvalue weighted by molar-refractivity contribution is 8.22. The second-order valence-corrected chi connectivity index (χ2v) is 5.28. The molecule has 0 aliphatic rings. The van der Waals surface area contributed by atoms with Crippen LogP contribution in [0.25, 0.3) is 6.08 Å². The molecule has 1 aromatic rings. The summed E-state index contributed by atoms with van der Waals surface area (Å²) in [4.78, 5) is 2.21. The first-order valence-electron chi connectivity index (χ1n) is 5.84. The predicted octanol–water partition coefficient (Wildman–Crippen LogP) is 4.19. The smallest absolute Gasteiger partial charge is 0.136 e. The van der Waals surface area contributed by atoms with Gasteiger partial charge in [-0.1, -0.05) is 60.9 Å². The average molecular weight is 265 g/mol. The Kier molecular flexibility index (Phi) is 6.30. The van der Waals surface area contributed by atoms with Crippen molar-refractivity contribution < 1.29 is 0 Å². The van der Waals surface area contributed by atoms with E-state index in [0.717, 1.165) is 28.7 Å². The molecular weight excluding hydrogens is 246 g/mol. The number of nitrogens with zero attached hydrogens (tertiary/aromatic N) is 1. The summed E-state index contributed by atoms with van der Waals surface area (Å²) in [6.45, 7) is 9.98. The molecule has 0 radical (unpaired) electrons. The van der Waals surface area contributed by atoms with Gasteiger partial charge in [0.25, 0.3) is 0 Å². The van der Waals surface area contributed by atoms with Crippen LogP contribution < -0.4 is 0 Å². The minimum Gasteiger partial charge on any atom is -0.358 e. The van der Waals surface area contributed by atoms with E-state index in [9.17, 15) is 0 Å². The summed E-state index contributed by atoms with van der Waals surface area (Å²) in [6.07, 6.45) is 1.86. The Morgan fingerprint density at radius 2 is 1.88 bits per heavy atom. The molecule has 92 valence electrons. The van der Waals surface area contributed by atoms with E-state index in [0.29, 0.717) is 0 Å². The van der Waals surface area contributed by atoms with E-state index < -0.39 is 0 Å². The third kappa shape index (κ3) is 4.52. The number of benzene rings is 1. The normalized spacial score (nSPS) is 10.0. The maximum Gasteiger partial charge on any atom is 0.136 e. The average Bonchev–Trinajstić information content (AvgIpc) is 2.38. The van der Waals surface area contributed by atoms with Crippen molar-refractivity contribution in [3.05, 3.63) is 42.0 Å². The number of hydrogen-bond acceptors (Lipinski definition) is 2. The molecule has 3 heteroatoms. The van der Waals surface area contributed by atoms with E-state index in [4.69, 9.17) is 12.2 Å². The van der Waals surface area contributed by atoms with E-state index >= 15 is 0 Å². The van der Waals surface area contributed by atoms with Crippen LogP contribution in [0.15, 0.2) is 30.8 Å². The van der Waals surface area contributed by atoms with Crippen molar-refractivity contribution in [1.29, 1.82) is 0 Å². The first kappa shape index (κ1) is 14.3. The van der Waals surface area contributed by atoms with Crippen LogP contribution in [0, 0.1) is 0 Å². The lowest BCUT2D eigenvalue weighted by Crippen LogP contribution is -2.26. The summed E-state index contributed by atoms with van der Waals surface area (Å²) < 4.78 is 0.989. The van der Waals surface area contributed by atoms with Gasteiger partial charge in [0.2, 0.25) is 0 Å². The summed E-state index contributed by atoms with van der Waals surface area (Å²) in [6, 6.07) is 8.44. The summed E-state index contributed by atoms with van der Waals surface area (Å²) in [5.41, 5.74) is 2.46. The van der Waals surface area contributed by atoms with Crippen molar-refractivity contribution in [2.75, 3.05) is 13.1 Å². The zero-order valence-electron chi connectivity index (χ0n) is 10.5. The quantitative estimate of drug-likeness (QED) is 0.735. The minimum atomic E-state index is 0.937. The molecule has 0 saturated heterocycles. The standard InChI is InChI=1S/C14H19NS2/c1-4-12-7-9-13(10-8-12)11-17-14(16)15(5-2)6-3/h4,7-10H,1,5-6,11H2,2-3H3. The topological polar surface area (TPSA) is 3.24 Å². The van der Waals surface area contributed by atoms with Crippen LogP contribution in [0.5, 0.6) is 0 Å². The molecule has 0 fully saturated rings. The summed E-state index contributed by atoms with van der Waals surface area (Å²) in [5, 5.41) is 0. The Bertz CT molecular complexity index is 366. The second-order valence-electron chi connectivity index (χ2n) is 3.67. The minimum absolute atomic E-state index is 0.937. The fourth-order valence-electron chi connectivity index (χ4n) is 1.47. The molecule has 1 aromatic carbocycles. The molecule has 0 saturated carbocycles. The third-order valence-electron chi connectivity index (χ3n) is 2.60. The Balaban J connectivity index is 2.49. The first-order valence-corrected chi connectivity index (χ1v) is 7.23. The van der Waals surface area contributed by atoms with Crippen LogP contribution in [0.4, 0.5) is 0 Å². The third-order valence-corrected chi connectivity index (χ3v) is 4.19. The fourth-order valence-corrected chi connectivity index (χ4v) is 2.83. The molecule has 0 aliphatic carbocycles. The number of hydrogen-bond donors (Lipinski definition) is 0. The fraction of sp³-hybridized carbons (Fsp3) is 0.357. The van der Waals surface area contributed by atoms with Gasteiger partial charge in [-0.25, -0.2) is 0 Å². The molecule has 0 aliphatic heterocycles. The molecule has 0 atom stereocenters. The highest BCUT2D eigenvalue weighted by Gasteiger charge is 2.05. The number of rotatable bonds is 5. The van der Waals surface area contributed by atoms with Gasteiger partial charge in [-0.15, -0.1) is 0 Å². The van der Waals surface area contributed by atoms with Crippen LogP contribution >= 0.6 is 24.0 Å². The highest BCUT2D eigenvalue weighted by Crippen LogP contribution is 2.17. The molecule has 0 unspecified atom stereocenters. The lowest BCUT2D eigenvalue weighted by molar-refractivity contribution is 0.482. The van der Waals surface area contributed by atoms with Gasteiger partial charge in [-0.3, -0.25) is 0 Å². The van der Waals surface area contributed by atoms with Gasteiger partial charge in [0.1, 0.15) is 4.32 Å². The first-order chi connectivity index (χ1) is 8.21. The Morgan fingerprint density at radius 1 is 1.29 bits per heavy atom. The van der Waals surface area contributed by atoms with Crippen molar-refractivity contribution in [2.24, 2.45) is 0 Å². The molecule has 17 heavy (non-hydrogen) atoms. The molecule has 0 amide bonds. The Morgan fingerprint density at radius 3 is 2.35 bits per heavy atom. The van der Waals surface area contributed by atoms with Crippen molar-refractivity contribution in [3.8, 4) is 0 Å². The van der Waals surface area contributed by atoms with Gasteiger partial charge in [0.05, 0.1) is 0 Å². The SMILES string of the molecule is C=Cc1ccc(CSC(=S)N(CC)CC)cc1. The molecule has 0 aromatic heterocycles. The zero-order valence-corrected chi connectivity index (χ0v) is 12.1. The van der Waals surface area contributed by atoms with Gasteiger partial charge >= 0.3 is 0 Å². The van der Waals surface area contributed by atoms with Gasteiger partial charge in [0, 0.05) is 18.8 Å². The number of thioether (sulfide) groups is 1. The van der Waals surface area contributed by atoms with Crippen molar-refractivity contribution in [3.63, 3.8) is 0 Å². The van der Waals surface area contributed by atoms with Gasteiger partial charge in [-0.05, 0) is 25.0 Å². The van der Waals surface area contributed by atoms with E-state index in [-0.39, 0.29) is 0 Å². The molecule has 0 heterocycles. The summed E-state index contributed by atoms with van der Waals surface area (Å²) in [7, 11) is 0. The second kappa shape index (κ2) is 7.51. The van der Waals surface area contributed by atoms with Crippen molar-refractivity contribution in [2.45, 2.75) is 19.6 Å². The van der Waals surface area contributed by atoms with Crippen LogP contribution in [0.2, 0.25) is 0 Å². The molecule has 0 spiro atoms. The van der Waals surface area contributed by atoms with Crippen LogP contribution in [0.3, 0.4) is 0 Å². The Hall–Kier alpha value is -0.800. The molecule has 0 bridgehead atoms. The molecule has 0 N–H and O–H groups in total. The monoisotopic (exact) mass is 265 g/mol. The molecule has 1 rings (SSSR count). The van der Waals surface area contributed by atoms with Gasteiger partial charge < -0.3 is 4.90 Å². The van der Waals surface area contributed by atoms with E-state index in [1.54, 1.807) is 11.8 Å². The maximum absolute atomic E-state index is 5.39. The van der Waals surface area contributed by atoms with Gasteiger partial charge in [0.15, 0.2) is 0 Å². The molecule has 1 nitrogen and oxygen atoms in total. The molecular formula is C14H19NS2. The van der Waals surface area contributed by atoms with Crippen LogP contribution in [-0.4, -0.2) is 22.3 Å². The van der Waals surface area contributed by atoms with E-state index in [1.165, 1.54) is 5.56 Å².